The topological polar surface area (TPSA) is 66.9 Å². The van der Waals surface area contributed by atoms with E-state index in [1.165, 1.54) is 4.90 Å². The molecule has 0 radical (unpaired) electrons. The third-order valence-corrected chi connectivity index (χ3v) is 5.63. The number of imide groups is 1. The quantitative estimate of drug-likeness (QED) is 0.764. The van der Waals surface area contributed by atoms with Gasteiger partial charge in [0, 0.05) is 24.7 Å². The number of amides is 3. The molecule has 1 aliphatic carbocycles. The van der Waals surface area contributed by atoms with Gasteiger partial charge in [0.1, 0.15) is 0 Å². The van der Waals surface area contributed by atoms with E-state index in [4.69, 9.17) is 4.74 Å². The van der Waals surface area contributed by atoms with Gasteiger partial charge in [-0.1, -0.05) is 19.3 Å². The number of rotatable bonds is 2. The maximum Gasteiger partial charge on any atom is 0.261 e. The molecule has 0 aromatic heterocycles. The fourth-order valence-electron chi connectivity index (χ4n) is 4.25. The van der Waals surface area contributed by atoms with E-state index in [-0.39, 0.29) is 29.9 Å². The summed E-state index contributed by atoms with van der Waals surface area (Å²) >= 11 is 0. The molecule has 6 heteroatoms. The third kappa shape index (κ3) is 2.92. The molecule has 4 rings (SSSR count). The van der Waals surface area contributed by atoms with Crippen LogP contribution < -0.4 is 0 Å². The molecule has 2 aliphatic heterocycles. The first-order chi connectivity index (χ1) is 12.6. The van der Waals surface area contributed by atoms with Gasteiger partial charge in [0.15, 0.2) is 0 Å². The molecule has 26 heavy (non-hydrogen) atoms. The van der Waals surface area contributed by atoms with Gasteiger partial charge in [-0.05, 0) is 38.0 Å². The molecule has 6 nitrogen and oxygen atoms in total. The lowest BCUT2D eigenvalue weighted by Crippen LogP contribution is -2.44. The van der Waals surface area contributed by atoms with Gasteiger partial charge >= 0.3 is 0 Å². The van der Waals surface area contributed by atoms with E-state index in [1.807, 2.05) is 6.92 Å². The van der Waals surface area contributed by atoms with Crippen LogP contribution in [0, 0.1) is 0 Å². The van der Waals surface area contributed by atoms with Crippen LogP contribution in [0.4, 0.5) is 0 Å². The van der Waals surface area contributed by atoms with Crippen LogP contribution in [-0.4, -0.2) is 59.4 Å². The highest BCUT2D eigenvalue weighted by Gasteiger charge is 2.40. The molecule has 2 fully saturated rings. The minimum atomic E-state index is -0.248. The minimum Gasteiger partial charge on any atom is -0.375 e. The molecule has 1 atom stereocenters. The van der Waals surface area contributed by atoms with Crippen LogP contribution in [-0.2, 0) is 4.74 Å². The molecular weight excluding hydrogens is 332 g/mol. The second kappa shape index (κ2) is 6.83. The number of morpholine rings is 1. The molecule has 3 amide bonds. The van der Waals surface area contributed by atoms with Crippen molar-refractivity contribution < 1.29 is 19.1 Å². The second-order valence-corrected chi connectivity index (χ2v) is 7.47. The number of carbonyl (C=O) groups is 3. The number of hydrogen-bond donors (Lipinski definition) is 0. The van der Waals surface area contributed by atoms with Crippen LogP contribution in [0.3, 0.4) is 0 Å². The predicted octanol–water partition coefficient (Wildman–Crippen LogP) is 2.48. The van der Waals surface area contributed by atoms with E-state index in [0.717, 1.165) is 32.1 Å². The number of carbonyl (C=O) groups excluding carboxylic acids is 3. The zero-order valence-electron chi connectivity index (χ0n) is 15.1. The normalized spacial score (nSPS) is 24.1. The van der Waals surface area contributed by atoms with Crippen LogP contribution in [0.15, 0.2) is 18.2 Å². The lowest BCUT2D eigenvalue weighted by atomic mass is 9.94. The fraction of sp³-hybridized carbons (Fsp3) is 0.550. The number of hydrogen-bond acceptors (Lipinski definition) is 4. The fourth-order valence-corrected chi connectivity index (χ4v) is 4.25. The summed E-state index contributed by atoms with van der Waals surface area (Å²) in [6.45, 7) is 3.54. The molecule has 0 bridgehead atoms. The summed E-state index contributed by atoms with van der Waals surface area (Å²) in [5, 5.41) is 0. The van der Waals surface area contributed by atoms with E-state index in [9.17, 15) is 14.4 Å². The van der Waals surface area contributed by atoms with Crippen molar-refractivity contribution in [3.8, 4) is 0 Å². The van der Waals surface area contributed by atoms with Crippen LogP contribution in [0.2, 0.25) is 0 Å². The first-order valence-electron chi connectivity index (χ1n) is 9.49. The minimum absolute atomic E-state index is 0.00426. The monoisotopic (exact) mass is 356 g/mol. The summed E-state index contributed by atoms with van der Waals surface area (Å²) < 4.78 is 5.48. The van der Waals surface area contributed by atoms with Crippen molar-refractivity contribution in [1.82, 2.24) is 9.80 Å². The number of benzene rings is 1. The van der Waals surface area contributed by atoms with Crippen molar-refractivity contribution >= 4 is 17.7 Å². The Kier molecular flexibility index (Phi) is 4.53. The predicted molar refractivity (Wildman–Crippen MR) is 95.1 cm³/mol. The molecule has 1 aromatic carbocycles. The Hall–Kier alpha value is -2.21. The van der Waals surface area contributed by atoms with Gasteiger partial charge in [-0.25, -0.2) is 0 Å². The lowest BCUT2D eigenvalue weighted by molar-refractivity contribution is -0.0124. The van der Waals surface area contributed by atoms with Gasteiger partial charge < -0.3 is 9.64 Å². The van der Waals surface area contributed by atoms with Gasteiger partial charge in [-0.2, -0.15) is 0 Å². The van der Waals surface area contributed by atoms with E-state index in [0.29, 0.717) is 36.4 Å². The summed E-state index contributed by atoms with van der Waals surface area (Å²) in [4.78, 5) is 41.5. The molecule has 138 valence electrons. The summed E-state index contributed by atoms with van der Waals surface area (Å²) in [7, 11) is 0. The molecule has 2 heterocycles. The Bertz CT molecular complexity index is 754. The Morgan fingerprint density at radius 2 is 1.81 bits per heavy atom. The van der Waals surface area contributed by atoms with Crippen LogP contribution >= 0.6 is 0 Å². The zero-order valence-corrected chi connectivity index (χ0v) is 15.1. The second-order valence-electron chi connectivity index (χ2n) is 7.47. The number of nitrogens with zero attached hydrogens (tertiary/aromatic N) is 2. The van der Waals surface area contributed by atoms with Gasteiger partial charge in [0.05, 0.1) is 23.8 Å². The SMILES string of the molecule is CC1CN(C(=O)c2ccc3c(c2)C(=O)N(C2CCCCC2)C3=O)CCO1. The molecule has 0 N–H and O–H groups in total. The Labute approximate surface area is 153 Å². The van der Waals surface area contributed by atoms with Crippen molar-refractivity contribution in [2.24, 2.45) is 0 Å². The Morgan fingerprint density at radius 1 is 1.08 bits per heavy atom. The maximum absolute atomic E-state index is 12.9. The van der Waals surface area contributed by atoms with Crippen molar-refractivity contribution in [1.29, 1.82) is 0 Å². The van der Waals surface area contributed by atoms with Gasteiger partial charge in [-0.15, -0.1) is 0 Å². The Morgan fingerprint density at radius 3 is 2.54 bits per heavy atom. The molecule has 1 unspecified atom stereocenters. The first kappa shape index (κ1) is 17.2. The third-order valence-electron chi connectivity index (χ3n) is 5.63. The molecule has 1 saturated heterocycles. The van der Waals surface area contributed by atoms with Crippen molar-refractivity contribution in [3.05, 3.63) is 34.9 Å². The summed E-state index contributed by atoms with van der Waals surface area (Å²) in [5.74, 6) is -0.572. The molecular formula is C20H24N2O4. The summed E-state index contributed by atoms with van der Waals surface area (Å²) in [6.07, 6.45) is 5.03. The van der Waals surface area contributed by atoms with Crippen molar-refractivity contribution in [2.45, 2.75) is 51.2 Å². The van der Waals surface area contributed by atoms with Crippen LogP contribution in [0.1, 0.15) is 70.1 Å². The van der Waals surface area contributed by atoms with Crippen LogP contribution in [0.25, 0.3) is 0 Å². The smallest absolute Gasteiger partial charge is 0.261 e. The highest BCUT2D eigenvalue weighted by molar-refractivity contribution is 6.22. The molecule has 3 aliphatic rings. The van der Waals surface area contributed by atoms with Gasteiger partial charge in [-0.3, -0.25) is 19.3 Å². The van der Waals surface area contributed by atoms with Crippen molar-refractivity contribution in [3.63, 3.8) is 0 Å². The van der Waals surface area contributed by atoms with Crippen LogP contribution in [0.5, 0.6) is 0 Å². The average Bonchev–Trinajstić information content (AvgIpc) is 2.92. The lowest BCUT2D eigenvalue weighted by Gasteiger charge is -2.31. The summed E-state index contributed by atoms with van der Waals surface area (Å²) in [5.41, 5.74) is 1.25. The average molecular weight is 356 g/mol. The summed E-state index contributed by atoms with van der Waals surface area (Å²) in [6, 6.07) is 4.89. The largest absolute Gasteiger partial charge is 0.375 e. The van der Waals surface area contributed by atoms with Gasteiger partial charge in [0.2, 0.25) is 0 Å². The standard InChI is InChI=1S/C20H24N2O4/c1-13-12-21(9-10-26-13)18(23)14-7-8-16-17(11-14)20(25)22(19(16)24)15-5-3-2-4-6-15/h7-8,11,13,15H,2-6,9-10,12H2,1H3. The van der Waals surface area contributed by atoms with E-state index in [2.05, 4.69) is 0 Å². The van der Waals surface area contributed by atoms with E-state index < -0.39 is 0 Å². The highest BCUT2D eigenvalue weighted by atomic mass is 16.5. The van der Waals surface area contributed by atoms with Gasteiger partial charge in [0.25, 0.3) is 17.7 Å². The molecule has 0 spiro atoms. The highest BCUT2D eigenvalue weighted by Crippen LogP contribution is 2.31. The first-order valence-corrected chi connectivity index (χ1v) is 9.49. The van der Waals surface area contributed by atoms with Crippen molar-refractivity contribution in [2.75, 3.05) is 19.7 Å². The Balaban J connectivity index is 1.58. The maximum atomic E-state index is 12.9. The molecule has 1 aromatic rings. The number of ether oxygens (including phenoxy) is 1. The van der Waals surface area contributed by atoms with E-state index >= 15 is 0 Å². The zero-order chi connectivity index (χ0) is 18.3. The number of fused-ring (bicyclic) bond motifs is 1. The molecule has 1 saturated carbocycles. The van der Waals surface area contributed by atoms with E-state index in [1.54, 1.807) is 23.1 Å².